The molecule has 5 nitrogen and oxygen atoms in total. The quantitative estimate of drug-likeness (QED) is 0.368. The molecule has 0 amide bonds. The molecular weight excluding hydrogens is 282 g/mol. The monoisotopic (exact) mass is 297 g/mol. The summed E-state index contributed by atoms with van der Waals surface area (Å²) in [6, 6.07) is 4.38. The normalized spacial score (nSPS) is 11.0. The van der Waals surface area contributed by atoms with E-state index in [0.717, 1.165) is 0 Å². The Kier molecular flexibility index (Phi) is 4.89. The molecule has 0 aliphatic carbocycles. The van der Waals surface area contributed by atoms with Crippen LogP contribution < -0.4 is 0 Å². The highest BCUT2D eigenvalue weighted by molar-refractivity contribution is 6.32. The first-order valence-corrected chi connectivity index (χ1v) is 6.32. The number of nitro benzene ring substituents is 1. The summed E-state index contributed by atoms with van der Waals surface area (Å²) in [5.41, 5.74) is 0.0149. The van der Waals surface area contributed by atoms with Crippen molar-refractivity contribution in [3.05, 3.63) is 51.1 Å². The van der Waals surface area contributed by atoms with Crippen LogP contribution in [0, 0.1) is 10.1 Å². The number of esters is 1. The predicted octanol–water partition coefficient (Wildman–Crippen LogP) is 3.69. The summed E-state index contributed by atoms with van der Waals surface area (Å²) in [7, 11) is 0. The van der Waals surface area contributed by atoms with Crippen LogP contribution in [0.4, 0.5) is 5.69 Å². The number of carbonyl (C=O) groups excluding carboxylic acids is 1. The van der Waals surface area contributed by atoms with Crippen LogP contribution in [0.2, 0.25) is 5.02 Å². The van der Waals surface area contributed by atoms with Gasteiger partial charge in [-0.3, -0.25) is 10.1 Å². The van der Waals surface area contributed by atoms with Crippen molar-refractivity contribution in [2.45, 2.75) is 32.8 Å². The Labute approximate surface area is 122 Å². The Morgan fingerprint density at radius 1 is 1.45 bits per heavy atom. The zero-order valence-corrected chi connectivity index (χ0v) is 12.4. The predicted molar refractivity (Wildman–Crippen MR) is 76.8 cm³/mol. The second-order valence-corrected chi connectivity index (χ2v) is 5.73. The fourth-order valence-corrected chi connectivity index (χ4v) is 1.66. The highest BCUT2D eigenvalue weighted by Crippen LogP contribution is 2.26. The van der Waals surface area contributed by atoms with E-state index in [2.05, 4.69) is 6.58 Å². The maximum absolute atomic E-state index is 11.8. The van der Waals surface area contributed by atoms with Crippen molar-refractivity contribution in [3.8, 4) is 0 Å². The smallest absolute Gasteiger partial charge is 0.334 e. The van der Waals surface area contributed by atoms with E-state index in [4.69, 9.17) is 16.3 Å². The second kappa shape index (κ2) is 6.05. The van der Waals surface area contributed by atoms with Gasteiger partial charge in [0.05, 0.1) is 4.92 Å². The van der Waals surface area contributed by atoms with Gasteiger partial charge in [0.15, 0.2) is 0 Å². The molecule has 0 aliphatic heterocycles. The molecule has 0 unspecified atom stereocenters. The number of hydrogen-bond donors (Lipinski definition) is 0. The summed E-state index contributed by atoms with van der Waals surface area (Å²) in [5.74, 6) is -0.518. The molecule has 0 saturated heterocycles. The number of ether oxygens (including phenoxy) is 1. The molecule has 0 radical (unpaired) electrons. The number of halogens is 1. The van der Waals surface area contributed by atoms with Crippen molar-refractivity contribution in [1.29, 1.82) is 0 Å². The summed E-state index contributed by atoms with van der Waals surface area (Å²) in [4.78, 5) is 22.0. The number of carbonyl (C=O) groups is 1. The van der Waals surface area contributed by atoms with Crippen molar-refractivity contribution in [1.82, 2.24) is 0 Å². The molecule has 0 spiro atoms. The lowest BCUT2D eigenvalue weighted by atomic mass is 10.1. The van der Waals surface area contributed by atoms with Crippen LogP contribution >= 0.6 is 11.6 Å². The molecule has 108 valence electrons. The first kappa shape index (κ1) is 16.2. The molecule has 0 saturated carbocycles. The van der Waals surface area contributed by atoms with Gasteiger partial charge in [-0.05, 0) is 32.4 Å². The van der Waals surface area contributed by atoms with Crippen molar-refractivity contribution in [2.75, 3.05) is 0 Å². The van der Waals surface area contributed by atoms with Gasteiger partial charge < -0.3 is 4.74 Å². The Hall–Kier alpha value is -1.88. The van der Waals surface area contributed by atoms with E-state index in [1.165, 1.54) is 12.1 Å². The molecule has 0 atom stereocenters. The topological polar surface area (TPSA) is 69.4 Å². The summed E-state index contributed by atoms with van der Waals surface area (Å²) in [5, 5.41) is 10.8. The summed E-state index contributed by atoms with van der Waals surface area (Å²) < 4.78 is 5.17. The Bertz CT molecular complexity index is 561. The van der Waals surface area contributed by atoms with E-state index in [0.29, 0.717) is 5.56 Å². The minimum Gasteiger partial charge on any atom is -0.457 e. The van der Waals surface area contributed by atoms with E-state index in [9.17, 15) is 14.9 Å². The molecule has 20 heavy (non-hydrogen) atoms. The van der Waals surface area contributed by atoms with Gasteiger partial charge in [0.1, 0.15) is 10.6 Å². The molecule has 0 heterocycles. The summed E-state index contributed by atoms with van der Waals surface area (Å²) in [6.07, 6.45) is 0.174. The number of hydrogen-bond acceptors (Lipinski definition) is 4. The standard InChI is InChI=1S/C14H16ClNO4/c1-9(13(17)20-14(2,3)4)7-10-5-6-11(15)12(8-10)16(18)19/h5-6,8H,1,7H2,2-4H3. The Morgan fingerprint density at radius 3 is 2.55 bits per heavy atom. The van der Waals surface area contributed by atoms with Crippen molar-refractivity contribution in [2.24, 2.45) is 0 Å². The van der Waals surface area contributed by atoms with Crippen LogP contribution in [0.3, 0.4) is 0 Å². The third-order valence-corrected chi connectivity index (χ3v) is 2.63. The van der Waals surface area contributed by atoms with Gasteiger partial charge in [0.25, 0.3) is 5.69 Å². The minimum absolute atomic E-state index is 0.0571. The van der Waals surface area contributed by atoms with E-state index in [-0.39, 0.29) is 22.7 Å². The number of benzene rings is 1. The molecule has 0 aliphatic rings. The molecule has 0 N–H and O–H groups in total. The second-order valence-electron chi connectivity index (χ2n) is 5.33. The lowest BCUT2D eigenvalue weighted by Crippen LogP contribution is -2.25. The van der Waals surface area contributed by atoms with Gasteiger partial charge in [-0.1, -0.05) is 24.2 Å². The molecule has 1 aromatic carbocycles. The van der Waals surface area contributed by atoms with Gasteiger partial charge in [-0.15, -0.1) is 0 Å². The molecule has 0 bridgehead atoms. The van der Waals surface area contributed by atoms with Gasteiger partial charge in [0.2, 0.25) is 0 Å². The minimum atomic E-state index is -0.605. The van der Waals surface area contributed by atoms with E-state index >= 15 is 0 Å². The van der Waals surface area contributed by atoms with Crippen molar-refractivity contribution in [3.63, 3.8) is 0 Å². The maximum Gasteiger partial charge on any atom is 0.334 e. The largest absolute Gasteiger partial charge is 0.457 e. The van der Waals surface area contributed by atoms with E-state index in [1.54, 1.807) is 26.8 Å². The van der Waals surface area contributed by atoms with Gasteiger partial charge in [-0.2, -0.15) is 0 Å². The average Bonchev–Trinajstić information content (AvgIpc) is 2.28. The van der Waals surface area contributed by atoms with Crippen LogP contribution in [0.15, 0.2) is 30.4 Å². The lowest BCUT2D eigenvalue weighted by Gasteiger charge is -2.20. The van der Waals surface area contributed by atoms with Crippen LogP contribution in [-0.2, 0) is 16.0 Å². The van der Waals surface area contributed by atoms with Crippen molar-refractivity contribution < 1.29 is 14.5 Å². The fraction of sp³-hybridized carbons (Fsp3) is 0.357. The Morgan fingerprint density at radius 2 is 2.05 bits per heavy atom. The number of nitro groups is 1. The summed E-state index contributed by atoms with van der Waals surface area (Å²) >= 11 is 5.72. The third-order valence-electron chi connectivity index (χ3n) is 2.31. The van der Waals surface area contributed by atoms with Gasteiger partial charge in [0, 0.05) is 18.1 Å². The van der Waals surface area contributed by atoms with E-state index in [1.807, 2.05) is 0 Å². The van der Waals surface area contributed by atoms with Crippen LogP contribution in [0.5, 0.6) is 0 Å². The Balaban J connectivity index is 2.84. The fourth-order valence-electron chi connectivity index (χ4n) is 1.48. The van der Waals surface area contributed by atoms with Crippen LogP contribution in [0.1, 0.15) is 26.3 Å². The van der Waals surface area contributed by atoms with Crippen molar-refractivity contribution >= 4 is 23.3 Å². The lowest BCUT2D eigenvalue weighted by molar-refractivity contribution is -0.384. The van der Waals surface area contributed by atoms with Gasteiger partial charge >= 0.3 is 5.97 Å². The molecule has 0 aromatic heterocycles. The molecular formula is C14H16ClNO4. The molecule has 1 rings (SSSR count). The molecule has 0 fully saturated rings. The highest BCUT2D eigenvalue weighted by atomic mass is 35.5. The number of rotatable bonds is 4. The summed E-state index contributed by atoms with van der Waals surface area (Å²) in [6.45, 7) is 8.92. The first-order valence-electron chi connectivity index (χ1n) is 5.94. The van der Waals surface area contributed by atoms with E-state index < -0.39 is 16.5 Å². The third kappa shape index (κ3) is 4.66. The SMILES string of the molecule is C=C(Cc1ccc(Cl)c([N+](=O)[O-])c1)C(=O)OC(C)(C)C. The molecule has 1 aromatic rings. The van der Waals surface area contributed by atoms with Gasteiger partial charge in [-0.25, -0.2) is 4.79 Å². The first-order chi connectivity index (χ1) is 9.10. The highest BCUT2D eigenvalue weighted by Gasteiger charge is 2.20. The zero-order valence-electron chi connectivity index (χ0n) is 11.6. The average molecular weight is 298 g/mol. The van der Waals surface area contributed by atoms with Crippen LogP contribution in [0.25, 0.3) is 0 Å². The molecule has 6 heteroatoms. The zero-order chi connectivity index (χ0) is 15.5. The van der Waals surface area contributed by atoms with Crippen LogP contribution in [-0.4, -0.2) is 16.5 Å². The maximum atomic E-state index is 11.8. The number of nitrogens with zero attached hydrogens (tertiary/aromatic N) is 1.